The first-order valence-corrected chi connectivity index (χ1v) is 7.33. The van der Waals surface area contributed by atoms with Gasteiger partial charge in [0.15, 0.2) is 0 Å². The molecule has 4 heteroatoms. The van der Waals surface area contributed by atoms with Crippen LogP contribution < -0.4 is 10.2 Å². The molecule has 1 N–H and O–H groups in total. The van der Waals surface area contributed by atoms with E-state index >= 15 is 0 Å². The lowest BCUT2D eigenvalue weighted by Gasteiger charge is -2.22. The molecule has 0 aliphatic rings. The van der Waals surface area contributed by atoms with Crippen molar-refractivity contribution in [2.75, 3.05) is 16.8 Å². The fraction of sp³-hybridized carbons (Fsp3) is 0.111. The number of nitrogens with zero attached hydrogens (tertiary/aromatic N) is 3. The zero-order chi connectivity index (χ0) is 15.2. The molecule has 1 aromatic heterocycles. The zero-order valence-electron chi connectivity index (χ0n) is 12.5. The van der Waals surface area contributed by atoms with Gasteiger partial charge in [0.2, 0.25) is 0 Å². The molecule has 0 fully saturated rings. The van der Waals surface area contributed by atoms with Crippen LogP contribution in [0, 0.1) is 0 Å². The van der Waals surface area contributed by atoms with Crippen molar-refractivity contribution in [3.63, 3.8) is 0 Å². The van der Waals surface area contributed by atoms with E-state index in [1.54, 1.807) is 6.33 Å². The quantitative estimate of drug-likeness (QED) is 0.757. The normalized spacial score (nSPS) is 10.2. The number of aromatic nitrogens is 2. The summed E-state index contributed by atoms with van der Waals surface area (Å²) in [7, 11) is 0. The third kappa shape index (κ3) is 3.23. The summed E-state index contributed by atoms with van der Waals surface area (Å²) in [5, 5.41) is 3.30. The van der Waals surface area contributed by atoms with E-state index < -0.39 is 0 Å². The predicted molar refractivity (Wildman–Crippen MR) is 90.9 cm³/mol. The maximum atomic E-state index is 4.40. The van der Waals surface area contributed by atoms with E-state index in [9.17, 15) is 0 Å². The van der Waals surface area contributed by atoms with Crippen LogP contribution in [0.3, 0.4) is 0 Å². The van der Waals surface area contributed by atoms with Gasteiger partial charge in [-0.2, -0.15) is 0 Å². The maximum Gasteiger partial charge on any atom is 0.138 e. The second kappa shape index (κ2) is 6.72. The summed E-state index contributed by atoms with van der Waals surface area (Å²) in [4.78, 5) is 10.9. The van der Waals surface area contributed by atoms with Gasteiger partial charge in [0.05, 0.1) is 0 Å². The third-order valence-corrected chi connectivity index (χ3v) is 3.36. The molecular weight excluding hydrogens is 272 g/mol. The van der Waals surface area contributed by atoms with Gasteiger partial charge in [-0.25, -0.2) is 9.97 Å². The Morgan fingerprint density at radius 2 is 1.59 bits per heavy atom. The Balaban J connectivity index is 1.87. The van der Waals surface area contributed by atoms with Crippen LogP contribution in [0.15, 0.2) is 73.1 Å². The summed E-state index contributed by atoms with van der Waals surface area (Å²) in [5.74, 6) is 1.66. The fourth-order valence-electron chi connectivity index (χ4n) is 2.32. The molecule has 22 heavy (non-hydrogen) atoms. The monoisotopic (exact) mass is 290 g/mol. The first kappa shape index (κ1) is 14.1. The Hall–Kier alpha value is -2.88. The van der Waals surface area contributed by atoms with Crippen molar-refractivity contribution in [3.05, 3.63) is 73.1 Å². The van der Waals surface area contributed by atoms with Crippen molar-refractivity contribution in [2.45, 2.75) is 6.92 Å². The lowest BCUT2D eigenvalue weighted by Crippen LogP contribution is -2.17. The molecular formula is C18H18N4. The topological polar surface area (TPSA) is 41.0 Å². The molecule has 0 spiro atoms. The highest BCUT2D eigenvalue weighted by Gasteiger charge is 2.09. The van der Waals surface area contributed by atoms with Crippen LogP contribution in [-0.4, -0.2) is 16.5 Å². The summed E-state index contributed by atoms with van der Waals surface area (Å²) in [6.45, 7) is 2.95. The molecule has 1 heterocycles. The molecule has 0 unspecified atom stereocenters. The number of rotatable bonds is 5. The molecule has 3 rings (SSSR count). The summed E-state index contributed by atoms with van der Waals surface area (Å²) in [6, 6.07) is 22.2. The fourth-order valence-corrected chi connectivity index (χ4v) is 2.32. The Morgan fingerprint density at radius 1 is 0.909 bits per heavy atom. The highest BCUT2D eigenvalue weighted by Crippen LogP contribution is 2.25. The highest BCUT2D eigenvalue weighted by atomic mass is 15.2. The summed E-state index contributed by atoms with van der Waals surface area (Å²) >= 11 is 0. The van der Waals surface area contributed by atoms with E-state index in [0.717, 1.165) is 29.6 Å². The Bertz CT molecular complexity index is 713. The largest absolute Gasteiger partial charge is 0.340 e. The minimum atomic E-state index is 0.783. The Kier molecular flexibility index (Phi) is 4.30. The van der Waals surface area contributed by atoms with E-state index in [-0.39, 0.29) is 0 Å². The van der Waals surface area contributed by atoms with Crippen LogP contribution in [-0.2, 0) is 0 Å². The number of para-hydroxylation sites is 2. The van der Waals surface area contributed by atoms with Gasteiger partial charge in [-0.1, -0.05) is 36.4 Å². The number of nitrogens with one attached hydrogen (secondary N) is 1. The first-order chi connectivity index (χ1) is 10.9. The Morgan fingerprint density at radius 3 is 2.27 bits per heavy atom. The van der Waals surface area contributed by atoms with Gasteiger partial charge in [0, 0.05) is 24.0 Å². The third-order valence-electron chi connectivity index (χ3n) is 3.36. The summed E-state index contributed by atoms with van der Waals surface area (Å²) < 4.78 is 0. The van der Waals surface area contributed by atoms with Crippen molar-refractivity contribution < 1.29 is 0 Å². The van der Waals surface area contributed by atoms with E-state index in [1.807, 2.05) is 54.6 Å². The molecule has 110 valence electrons. The molecule has 0 saturated heterocycles. The van der Waals surface area contributed by atoms with Crippen LogP contribution in [0.2, 0.25) is 0 Å². The van der Waals surface area contributed by atoms with Gasteiger partial charge >= 0.3 is 0 Å². The van der Waals surface area contributed by atoms with Crippen molar-refractivity contribution in [1.29, 1.82) is 0 Å². The average Bonchev–Trinajstić information content (AvgIpc) is 2.58. The molecule has 0 saturated carbocycles. The molecule has 4 nitrogen and oxygen atoms in total. The van der Waals surface area contributed by atoms with Crippen molar-refractivity contribution >= 4 is 23.0 Å². The molecule has 3 aromatic rings. The molecule has 0 radical (unpaired) electrons. The summed E-state index contributed by atoms with van der Waals surface area (Å²) in [6.07, 6.45) is 1.59. The molecule has 0 bridgehead atoms. The first-order valence-electron chi connectivity index (χ1n) is 7.33. The number of benzene rings is 2. The van der Waals surface area contributed by atoms with E-state index in [2.05, 4.69) is 39.2 Å². The second-order valence-corrected chi connectivity index (χ2v) is 4.83. The maximum absolute atomic E-state index is 4.40. The lowest BCUT2D eigenvalue weighted by atomic mass is 10.3. The number of hydrogen-bond donors (Lipinski definition) is 1. The van der Waals surface area contributed by atoms with Crippen molar-refractivity contribution in [3.8, 4) is 0 Å². The molecule has 0 amide bonds. The van der Waals surface area contributed by atoms with E-state index in [4.69, 9.17) is 0 Å². The minimum absolute atomic E-state index is 0.783. The van der Waals surface area contributed by atoms with Crippen LogP contribution in [0.25, 0.3) is 0 Å². The van der Waals surface area contributed by atoms with Crippen LogP contribution in [0.5, 0.6) is 0 Å². The van der Waals surface area contributed by atoms with Gasteiger partial charge in [0.1, 0.15) is 18.0 Å². The van der Waals surface area contributed by atoms with Crippen molar-refractivity contribution in [1.82, 2.24) is 9.97 Å². The van der Waals surface area contributed by atoms with Crippen LogP contribution in [0.4, 0.5) is 23.0 Å². The Labute approximate surface area is 130 Å². The number of hydrogen-bond acceptors (Lipinski definition) is 4. The standard InChI is InChI=1S/C18H18N4/c1-2-22(16-11-7-4-8-12-16)18-13-17(19-14-20-18)21-15-9-5-3-6-10-15/h3-14H,2H2,1H3,(H,19,20,21). The average molecular weight is 290 g/mol. The predicted octanol–water partition coefficient (Wildman–Crippen LogP) is 4.38. The smallest absolute Gasteiger partial charge is 0.138 e. The van der Waals surface area contributed by atoms with Gasteiger partial charge < -0.3 is 10.2 Å². The van der Waals surface area contributed by atoms with Gasteiger partial charge in [-0.05, 0) is 31.2 Å². The number of anilines is 4. The van der Waals surface area contributed by atoms with E-state index in [0.29, 0.717) is 0 Å². The van der Waals surface area contributed by atoms with Gasteiger partial charge in [-0.3, -0.25) is 0 Å². The SMILES string of the molecule is CCN(c1ccccc1)c1cc(Nc2ccccc2)ncn1. The van der Waals surface area contributed by atoms with Crippen LogP contribution in [0.1, 0.15) is 6.92 Å². The minimum Gasteiger partial charge on any atom is -0.340 e. The second-order valence-electron chi connectivity index (χ2n) is 4.83. The van der Waals surface area contributed by atoms with Crippen LogP contribution >= 0.6 is 0 Å². The zero-order valence-corrected chi connectivity index (χ0v) is 12.5. The lowest BCUT2D eigenvalue weighted by molar-refractivity contribution is 0.977. The molecule has 2 aromatic carbocycles. The molecule has 0 atom stereocenters. The summed E-state index contributed by atoms with van der Waals surface area (Å²) in [5.41, 5.74) is 2.13. The van der Waals surface area contributed by atoms with Gasteiger partial charge in [-0.15, -0.1) is 0 Å². The van der Waals surface area contributed by atoms with Gasteiger partial charge in [0.25, 0.3) is 0 Å². The highest BCUT2D eigenvalue weighted by molar-refractivity contribution is 5.64. The van der Waals surface area contributed by atoms with E-state index in [1.165, 1.54) is 0 Å². The molecule has 0 aliphatic heterocycles. The molecule has 0 aliphatic carbocycles. The van der Waals surface area contributed by atoms with Crippen molar-refractivity contribution in [2.24, 2.45) is 0 Å².